The van der Waals surface area contributed by atoms with Gasteiger partial charge in [0, 0.05) is 51.4 Å². The van der Waals surface area contributed by atoms with E-state index in [2.05, 4.69) is 37.6 Å². The molecular formula is C43H81N3O6. The molecule has 1 rings (SSSR count). The molecule has 1 aromatic rings. The van der Waals surface area contributed by atoms with Crippen molar-refractivity contribution in [1.29, 1.82) is 0 Å². The van der Waals surface area contributed by atoms with E-state index in [-0.39, 0.29) is 24.1 Å². The summed E-state index contributed by atoms with van der Waals surface area (Å²) in [5.74, 6) is -0.191. The fourth-order valence-electron chi connectivity index (χ4n) is 6.85. The van der Waals surface area contributed by atoms with Gasteiger partial charge in [0.15, 0.2) is 0 Å². The van der Waals surface area contributed by atoms with Gasteiger partial charge >= 0.3 is 11.9 Å². The number of hydrogen-bond acceptors (Lipinski definition) is 8. The lowest BCUT2D eigenvalue weighted by Gasteiger charge is -2.27. The minimum atomic E-state index is -0.497. The summed E-state index contributed by atoms with van der Waals surface area (Å²) in [6.07, 6.45) is 30.4. The van der Waals surface area contributed by atoms with Crippen LogP contribution in [0.4, 0.5) is 0 Å². The van der Waals surface area contributed by atoms with Crippen LogP contribution >= 0.6 is 0 Å². The topological polar surface area (TPSA) is 114 Å². The highest BCUT2D eigenvalue weighted by atomic mass is 16.5. The summed E-state index contributed by atoms with van der Waals surface area (Å²) in [5.41, 5.74) is 0. The van der Waals surface area contributed by atoms with Gasteiger partial charge in [-0.3, -0.25) is 14.5 Å². The molecule has 1 aromatic heterocycles. The Morgan fingerprint density at radius 3 is 1.46 bits per heavy atom. The van der Waals surface area contributed by atoms with Gasteiger partial charge < -0.3 is 24.3 Å². The van der Waals surface area contributed by atoms with E-state index in [0.717, 1.165) is 83.6 Å². The Balaban J connectivity index is 2.31. The van der Waals surface area contributed by atoms with Gasteiger partial charge in [0.1, 0.15) is 12.2 Å². The van der Waals surface area contributed by atoms with E-state index in [0.29, 0.717) is 45.3 Å². The van der Waals surface area contributed by atoms with E-state index >= 15 is 0 Å². The number of imidazole rings is 1. The molecule has 0 aliphatic heterocycles. The van der Waals surface area contributed by atoms with Crippen molar-refractivity contribution >= 4 is 11.9 Å². The van der Waals surface area contributed by atoms with Crippen molar-refractivity contribution in [2.75, 3.05) is 19.6 Å². The number of rotatable bonds is 37. The summed E-state index contributed by atoms with van der Waals surface area (Å²) in [6, 6.07) is 0. The van der Waals surface area contributed by atoms with E-state index in [1.54, 1.807) is 12.5 Å². The summed E-state index contributed by atoms with van der Waals surface area (Å²) in [4.78, 5) is 31.1. The highest BCUT2D eigenvalue weighted by Gasteiger charge is 2.17. The zero-order valence-corrected chi connectivity index (χ0v) is 34.1. The van der Waals surface area contributed by atoms with Gasteiger partial charge in [-0.05, 0) is 64.2 Å². The van der Waals surface area contributed by atoms with Gasteiger partial charge in [-0.1, -0.05) is 118 Å². The molecule has 9 nitrogen and oxygen atoms in total. The van der Waals surface area contributed by atoms with Crippen molar-refractivity contribution in [1.82, 2.24) is 14.5 Å². The normalized spacial score (nSPS) is 14.0. The van der Waals surface area contributed by atoms with Crippen molar-refractivity contribution in [2.45, 2.75) is 226 Å². The maximum Gasteiger partial charge on any atom is 0.306 e. The minimum Gasteiger partial charge on any atom is -0.462 e. The molecule has 0 aromatic carbocycles. The SMILES string of the molecule is CCCCCCCCC(CC)OC(=O)CCCCCC(O)CN(CCn1ccnc1)CC(O)CCCCCC(=O)OC(CC)CCCCCCCC. The third kappa shape index (κ3) is 27.6. The van der Waals surface area contributed by atoms with Crippen LogP contribution in [0.5, 0.6) is 0 Å². The number of nitrogens with zero attached hydrogens (tertiary/aromatic N) is 3. The van der Waals surface area contributed by atoms with Crippen molar-refractivity contribution in [3.05, 3.63) is 18.7 Å². The Labute approximate surface area is 319 Å². The predicted molar refractivity (Wildman–Crippen MR) is 213 cm³/mol. The molecule has 0 radical (unpaired) electrons. The fourth-order valence-corrected chi connectivity index (χ4v) is 6.85. The number of esters is 2. The molecule has 0 aliphatic rings. The van der Waals surface area contributed by atoms with Gasteiger partial charge in [0.05, 0.1) is 18.5 Å². The van der Waals surface area contributed by atoms with Gasteiger partial charge in [-0.25, -0.2) is 4.98 Å². The van der Waals surface area contributed by atoms with E-state index < -0.39 is 12.2 Å². The van der Waals surface area contributed by atoms with Crippen LogP contribution in [0.3, 0.4) is 0 Å². The van der Waals surface area contributed by atoms with Crippen LogP contribution in [0.25, 0.3) is 0 Å². The Morgan fingerprint density at radius 1 is 0.615 bits per heavy atom. The summed E-state index contributed by atoms with van der Waals surface area (Å²) < 4.78 is 13.5. The molecule has 0 spiro atoms. The van der Waals surface area contributed by atoms with Crippen LogP contribution in [-0.4, -0.2) is 80.7 Å². The molecule has 9 heteroatoms. The second-order valence-corrected chi connectivity index (χ2v) is 15.2. The standard InChI is InChI=1S/C43H81N3O6/c1-5-9-11-13-15-21-27-40(7-3)51-42(49)29-23-17-19-25-38(47)35-46(34-33-45-32-31-44-37-45)36-39(48)26-20-18-24-30-43(50)52-41(8-4)28-22-16-14-12-10-6-2/h31-32,37-41,47-48H,5-30,33-36H2,1-4H3. The van der Waals surface area contributed by atoms with Crippen molar-refractivity contribution in [3.8, 4) is 0 Å². The molecular weight excluding hydrogens is 654 g/mol. The summed E-state index contributed by atoms with van der Waals surface area (Å²) in [6.45, 7) is 11.1. The molecule has 0 bridgehead atoms. The van der Waals surface area contributed by atoms with Crippen LogP contribution in [0.1, 0.15) is 195 Å². The van der Waals surface area contributed by atoms with Crippen LogP contribution in [0.15, 0.2) is 18.7 Å². The van der Waals surface area contributed by atoms with Gasteiger partial charge in [0.25, 0.3) is 0 Å². The third-order valence-corrected chi connectivity index (χ3v) is 10.3. The monoisotopic (exact) mass is 736 g/mol. The first-order chi connectivity index (χ1) is 25.3. The number of carbonyl (C=O) groups is 2. The first kappa shape index (κ1) is 48.0. The van der Waals surface area contributed by atoms with E-state index in [1.165, 1.54) is 64.2 Å². The van der Waals surface area contributed by atoms with Crippen LogP contribution in [0.2, 0.25) is 0 Å². The molecule has 304 valence electrons. The Morgan fingerprint density at radius 2 is 1.04 bits per heavy atom. The third-order valence-electron chi connectivity index (χ3n) is 10.3. The number of carbonyl (C=O) groups excluding carboxylic acids is 2. The number of aliphatic hydroxyl groups is 2. The smallest absolute Gasteiger partial charge is 0.306 e. The Kier molecular flexibility index (Phi) is 31.0. The molecule has 4 unspecified atom stereocenters. The fraction of sp³-hybridized carbons (Fsp3) is 0.884. The Bertz CT molecular complexity index is 889. The first-order valence-corrected chi connectivity index (χ1v) is 21.7. The number of aromatic nitrogens is 2. The molecule has 52 heavy (non-hydrogen) atoms. The Hall–Kier alpha value is -1.97. The second kappa shape index (κ2) is 33.6. The predicted octanol–water partition coefficient (Wildman–Crippen LogP) is 9.95. The lowest BCUT2D eigenvalue weighted by molar-refractivity contribution is -0.150. The first-order valence-electron chi connectivity index (χ1n) is 21.7. The van der Waals surface area contributed by atoms with E-state index in [1.807, 2.05) is 10.8 Å². The molecule has 1 heterocycles. The molecule has 0 amide bonds. The number of unbranched alkanes of at least 4 members (excludes halogenated alkanes) is 14. The quantitative estimate of drug-likeness (QED) is 0.0513. The zero-order chi connectivity index (χ0) is 38.1. The van der Waals surface area contributed by atoms with Gasteiger partial charge in [-0.2, -0.15) is 0 Å². The lowest BCUT2D eigenvalue weighted by Crippen LogP contribution is -2.39. The largest absolute Gasteiger partial charge is 0.462 e. The average Bonchev–Trinajstić information content (AvgIpc) is 3.66. The summed E-state index contributed by atoms with van der Waals surface area (Å²) in [5, 5.41) is 21.8. The van der Waals surface area contributed by atoms with E-state index in [4.69, 9.17) is 9.47 Å². The van der Waals surface area contributed by atoms with Gasteiger partial charge in [-0.15, -0.1) is 0 Å². The molecule has 0 saturated carbocycles. The van der Waals surface area contributed by atoms with Crippen LogP contribution in [0, 0.1) is 0 Å². The van der Waals surface area contributed by atoms with Crippen LogP contribution in [-0.2, 0) is 25.6 Å². The summed E-state index contributed by atoms with van der Waals surface area (Å²) >= 11 is 0. The zero-order valence-electron chi connectivity index (χ0n) is 34.1. The maximum atomic E-state index is 12.4. The number of ether oxygens (including phenoxy) is 2. The molecule has 0 aliphatic carbocycles. The van der Waals surface area contributed by atoms with Crippen molar-refractivity contribution in [2.24, 2.45) is 0 Å². The molecule has 4 atom stereocenters. The highest BCUT2D eigenvalue weighted by molar-refractivity contribution is 5.69. The summed E-state index contributed by atoms with van der Waals surface area (Å²) in [7, 11) is 0. The number of hydrogen-bond donors (Lipinski definition) is 2. The molecule has 0 saturated heterocycles. The van der Waals surface area contributed by atoms with Gasteiger partial charge in [0.2, 0.25) is 0 Å². The molecule has 2 N–H and O–H groups in total. The maximum absolute atomic E-state index is 12.4. The minimum absolute atomic E-state index is 0.0333. The van der Waals surface area contributed by atoms with Crippen molar-refractivity contribution in [3.63, 3.8) is 0 Å². The highest BCUT2D eigenvalue weighted by Crippen LogP contribution is 2.17. The van der Waals surface area contributed by atoms with E-state index in [9.17, 15) is 19.8 Å². The second-order valence-electron chi connectivity index (χ2n) is 15.2. The molecule has 0 fully saturated rings. The average molecular weight is 736 g/mol. The lowest BCUT2D eigenvalue weighted by atomic mass is 10.1. The number of aliphatic hydroxyl groups excluding tert-OH is 2. The van der Waals surface area contributed by atoms with Crippen molar-refractivity contribution < 1.29 is 29.3 Å². The van der Waals surface area contributed by atoms with Crippen LogP contribution < -0.4 is 0 Å².